The summed E-state index contributed by atoms with van der Waals surface area (Å²) >= 11 is 0. The summed E-state index contributed by atoms with van der Waals surface area (Å²) in [7, 11) is 0. The zero-order chi connectivity index (χ0) is 11.8. The van der Waals surface area contributed by atoms with Gasteiger partial charge in [0.1, 0.15) is 0 Å². The Balaban J connectivity index is 2.25. The molecule has 0 aromatic carbocycles. The average Bonchev–Trinajstić information content (AvgIpc) is 2.30. The van der Waals surface area contributed by atoms with Crippen LogP contribution >= 0.6 is 0 Å². The number of hydrogen-bond donors (Lipinski definition) is 1. The molecule has 2 N–H and O–H groups in total. The van der Waals surface area contributed by atoms with Crippen LogP contribution < -0.4 is 5.73 Å². The van der Waals surface area contributed by atoms with Gasteiger partial charge in [0.2, 0.25) is 0 Å². The SMILES string of the molecule is CCOC(=O)C1CCN(CC#CCN)CC1. The first kappa shape index (κ1) is 13.0. The highest BCUT2D eigenvalue weighted by Gasteiger charge is 2.25. The van der Waals surface area contributed by atoms with Crippen LogP contribution in [0.25, 0.3) is 0 Å². The number of carbonyl (C=O) groups is 1. The molecule has 16 heavy (non-hydrogen) atoms. The predicted molar refractivity (Wildman–Crippen MR) is 62.6 cm³/mol. The maximum Gasteiger partial charge on any atom is 0.309 e. The van der Waals surface area contributed by atoms with Crippen molar-refractivity contribution in [3.63, 3.8) is 0 Å². The van der Waals surface area contributed by atoms with E-state index in [1.54, 1.807) is 0 Å². The normalized spacial score (nSPS) is 17.6. The van der Waals surface area contributed by atoms with E-state index >= 15 is 0 Å². The third-order valence-corrected chi connectivity index (χ3v) is 2.74. The molecule has 1 fully saturated rings. The Kier molecular flexibility index (Phi) is 5.91. The van der Waals surface area contributed by atoms with Crippen molar-refractivity contribution in [2.24, 2.45) is 11.7 Å². The molecule has 90 valence electrons. The molecule has 0 aromatic heterocycles. The second-order valence-electron chi connectivity index (χ2n) is 3.86. The molecule has 0 bridgehead atoms. The van der Waals surface area contributed by atoms with Gasteiger partial charge in [0.15, 0.2) is 0 Å². The Hall–Kier alpha value is -1.05. The molecule has 0 aliphatic carbocycles. The van der Waals surface area contributed by atoms with E-state index in [4.69, 9.17) is 10.5 Å². The van der Waals surface area contributed by atoms with Crippen molar-refractivity contribution in [2.45, 2.75) is 19.8 Å². The minimum atomic E-state index is -0.0461. The van der Waals surface area contributed by atoms with E-state index in [9.17, 15) is 4.79 Å². The largest absolute Gasteiger partial charge is 0.466 e. The van der Waals surface area contributed by atoms with Gasteiger partial charge in [0.05, 0.1) is 25.6 Å². The number of piperidine rings is 1. The highest BCUT2D eigenvalue weighted by atomic mass is 16.5. The average molecular weight is 224 g/mol. The summed E-state index contributed by atoms with van der Waals surface area (Å²) in [5, 5.41) is 0. The predicted octanol–water partition coefficient (Wildman–Crippen LogP) is 0.224. The van der Waals surface area contributed by atoms with Gasteiger partial charge in [-0.15, -0.1) is 0 Å². The second kappa shape index (κ2) is 7.26. The van der Waals surface area contributed by atoms with Crippen LogP contribution in [0, 0.1) is 17.8 Å². The lowest BCUT2D eigenvalue weighted by atomic mass is 9.97. The third kappa shape index (κ3) is 4.21. The van der Waals surface area contributed by atoms with E-state index in [-0.39, 0.29) is 11.9 Å². The first-order chi connectivity index (χ1) is 7.77. The number of carbonyl (C=O) groups excluding carboxylic acids is 1. The lowest BCUT2D eigenvalue weighted by Gasteiger charge is -2.29. The van der Waals surface area contributed by atoms with E-state index in [2.05, 4.69) is 16.7 Å². The summed E-state index contributed by atoms with van der Waals surface area (Å²) in [4.78, 5) is 13.7. The van der Waals surface area contributed by atoms with Crippen molar-refractivity contribution < 1.29 is 9.53 Å². The molecular weight excluding hydrogens is 204 g/mol. The van der Waals surface area contributed by atoms with Gasteiger partial charge in [-0.1, -0.05) is 11.8 Å². The number of ether oxygens (including phenoxy) is 1. The fourth-order valence-corrected chi connectivity index (χ4v) is 1.83. The molecule has 4 heteroatoms. The van der Waals surface area contributed by atoms with Crippen molar-refractivity contribution >= 4 is 5.97 Å². The first-order valence-electron chi connectivity index (χ1n) is 5.82. The Morgan fingerprint density at radius 1 is 1.44 bits per heavy atom. The number of esters is 1. The number of nitrogens with zero attached hydrogens (tertiary/aromatic N) is 1. The molecule has 1 saturated heterocycles. The molecule has 0 amide bonds. The first-order valence-corrected chi connectivity index (χ1v) is 5.82. The van der Waals surface area contributed by atoms with Crippen LogP contribution in [0.2, 0.25) is 0 Å². The number of rotatable bonds is 3. The minimum Gasteiger partial charge on any atom is -0.466 e. The van der Waals surface area contributed by atoms with Gasteiger partial charge in [0, 0.05) is 0 Å². The molecule has 0 atom stereocenters. The molecule has 1 aliphatic rings. The smallest absolute Gasteiger partial charge is 0.309 e. The topological polar surface area (TPSA) is 55.6 Å². The van der Waals surface area contributed by atoms with Gasteiger partial charge >= 0.3 is 5.97 Å². The Morgan fingerprint density at radius 2 is 2.12 bits per heavy atom. The van der Waals surface area contributed by atoms with E-state index in [1.165, 1.54) is 0 Å². The molecule has 0 unspecified atom stereocenters. The van der Waals surface area contributed by atoms with Crippen LogP contribution in [0.3, 0.4) is 0 Å². The van der Waals surface area contributed by atoms with Gasteiger partial charge in [0.25, 0.3) is 0 Å². The van der Waals surface area contributed by atoms with Crippen LogP contribution in [-0.4, -0.2) is 43.7 Å². The lowest BCUT2D eigenvalue weighted by Crippen LogP contribution is -2.37. The monoisotopic (exact) mass is 224 g/mol. The van der Waals surface area contributed by atoms with Gasteiger partial charge in [-0.25, -0.2) is 0 Å². The maximum absolute atomic E-state index is 11.5. The van der Waals surface area contributed by atoms with E-state index in [0.717, 1.165) is 32.5 Å². The van der Waals surface area contributed by atoms with Gasteiger partial charge in [-0.3, -0.25) is 9.69 Å². The summed E-state index contributed by atoms with van der Waals surface area (Å²) in [5.74, 6) is 5.89. The number of likely N-dealkylation sites (tertiary alicyclic amines) is 1. The second-order valence-corrected chi connectivity index (χ2v) is 3.86. The minimum absolute atomic E-state index is 0.0461. The molecule has 4 nitrogen and oxygen atoms in total. The van der Waals surface area contributed by atoms with Gasteiger partial charge < -0.3 is 10.5 Å². The van der Waals surface area contributed by atoms with Crippen LogP contribution in [-0.2, 0) is 9.53 Å². The molecule has 1 aliphatic heterocycles. The van der Waals surface area contributed by atoms with Gasteiger partial charge in [-0.05, 0) is 32.9 Å². The third-order valence-electron chi connectivity index (χ3n) is 2.74. The zero-order valence-electron chi connectivity index (χ0n) is 9.87. The molecule has 1 rings (SSSR count). The van der Waals surface area contributed by atoms with Gasteiger partial charge in [-0.2, -0.15) is 0 Å². The summed E-state index contributed by atoms with van der Waals surface area (Å²) in [5.41, 5.74) is 5.29. The molecule has 1 heterocycles. The van der Waals surface area contributed by atoms with Crippen LogP contribution in [0.15, 0.2) is 0 Å². The fraction of sp³-hybridized carbons (Fsp3) is 0.750. The standard InChI is InChI=1S/C12H20N2O2/c1-2-16-12(15)11-5-9-14(10-6-11)8-4-3-7-13/h11H,2,5-10,13H2,1H3. The Morgan fingerprint density at radius 3 is 2.69 bits per heavy atom. The molecule has 0 aromatic rings. The zero-order valence-corrected chi connectivity index (χ0v) is 9.87. The van der Waals surface area contributed by atoms with Crippen molar-refractivity contribution in [1.82, 2.24) is 4.90 Å². The molecule has 0 radical (unpaired) electrons. The van der Waals surface area contributed by atoms with Crippen LogP contribution in [0.5, 0.6) is 0 Å². The number of hydrogen-bond acceptors (Lipinski definition) is 4. The maximum atomic E-state index is 11.5. The van der Waals surface area contributed by atoms with Crippen LogP contribution in [0.1, 0.15) is 19.8 Å². The highest BCUT2D eigenvalue weighted by molar-refractivity contribution is 5.72. The van der Waals surface area contributed by atoms with Crippen molar-refractivity contribution in [2.75, 3.05) is 32.8 Å². The quantitative estimate of drug-likeness (QED) is 0.550. The molecule has 0 spiro atoms. The number of nitrogens with two attached hydrogens (primary N) is 1. The highest BCUT2D eigenvalue weighted by Crippen LogP contribution is 2.18. The Bertz CT molecular complexity index is 272. The van der Waals surface area contributed by atoms with Crippen molar-refractivity contribution in [3.8, 4) is 11.8 Å². The van der Waals surface area contributed by atoms with E-state index < -0.39 is 0 Å². The Labute approximate surface area is 97.1 Å². The summed E-state index contributed by atoms with van der Waals surface area (Å²) < 4.78 is 5.01. The van der Waals surface area contributed by atoms with E-state index in [1.807, 2.05) is 6.92 Å². The van der Waals surface area contributed by atoms with Crippen LogP contribution in [0.4, 0.5) is 0 Å². The van der Waals surface area contributed by atoms with Crippen molar-refractivity contribution in [1.29, 1.82) is 0 Å². The summed E-state index contributed by atoms with van der Waals surface area (Å²) in [6.45, 7) is 5.33. The van der Waals surface area contributed by atoms with Crippen molar-refractivity contribution in [3.05, 3.63) is 0 Å². The fourth-order valence-electron chi connectivity index (χ4n) is 1.83. The summed E-state index contributed by atoms with van der Waals surface area (Å²) in [6.07, 6.45) is 1.76. The molecule has 0 saturated carbocycles. The molecular formula is C12H20N2O2. The lowest BCUT2D eigenvalue weighted by molar-refractivity contribution is -0.149. The summed E-state index contributed by atoms with van der Waals surface area (Å²) in [6, 6.07) is 0. The van der Waals surface area contributed by atoms with E-state index in [0.29, 0.717) is 13.2 Å².